The van der Waals surface area contributed by atoms with Gasteiger partial charge < -0.3 is 9.15 Å². The number of carbonyl (C=O) groups excluding carboxylic acids is 2. The Hall–Kier alpha value is -4.45. The summed E-state index contributed by atoms with van der Waals surface area (Å²) in [6.07, 6.45) is 1.39. The minimum absolute atomic E-state index is 0.0402. The summed E-state index contributed by atoms with van der Waals surface area (Å²) in [6, 6.07) is 13.0. The van der Waals surface area contributed by atoms with E-state index in [2.05, 4.69) is 0 Å². The maximum Gasteiger partial charge on any atom is 0.293 e. The fourth-order valence-electron chi connectivity index (χ4n) is 3.24. The van der Waals surface area contributed by atoms with E-state index >= 15 is 0 Å². The molecule has 0 atom stereocenters. The van der Waals surface area contributed by atoms with Crippen LogP contribution in [-0.4, -0.2) is 33.0 Å². The summed E-state index contributed by atoms with van der Waals surface area (Å²) >= 11 is 0.728. The van der Waals surface area contributed by atoms with Crippen LogP contribution in [-0.2, 0) is 11.3 Å². The number of ether oxygens (including phenoxy) is 1. The normalized spacial score (nSPS) is 14.6. The molecule has 0 saturated carbocycles. The molecule has 0 aliphatic carbocycles. The highest BCUT2D eigenvalue weighted by Crippen LogP contribution is 2.37. The lowest BCUT2D eigenvalue weighted by Gasteiger charge is -2.12. The first kappa shape index (κ1) is 22.7. The first-order valence-electron chi connectivity index (χ1n) is 9.68. The Balaban J connectivity index is 1.55. The molecule has 1 aliphatic rings. The van der Waals surface area contributed by atoms with E-state index in [0.717, 1.165) is 16.7 Å². The van der Waals surface area contributed by atoms with E-state index in [0.29, 0.717) is 11.3 Å². The van der Waals surface area contributed by atoms with Gasteiger partial charge in [0, 0.05) is 18.2 Å². The van der Waals surface area contributed by atoms with Gasteiger partial charge in [-0.2, -0.15) is 0 Å². The Morgan fingerprint density at radius 1 is 1.03 bits per heavy atom. The van der Waals surface area contributed by atoms with Crippen molar-refractivity contribution >= 4 is 40.4 Å². The van der Waals surface area contributed by atoms with Crippen LogP contribution < -0.4 is 4.74 Å². The van der Waals surface area contributed by atoms with Gasteiger partial charge >= 0.3 is 0 Å². The van der Waals surface area contributed by atoms with Gasteiger partial charge in [0.05, 0.1) is 40.0 Å². The molecule has 2 aromatic carbocycles. The summed E-state index contributed by atoms with van der Waals surface area (Å²) in [5.74, 6) is 0.234. The quantitative estimate of drug-likeness (QED) is 0.258. The molecule has 1 aliphatic heterocycles. The second kappa shape index (κ2) is 9.19. The fraction of sp³-hybridized carbons (Fsp3) is 0.0909. The van der Waals surface area contributed by atoms with Crippen molar-refractivity contribution < 1.29 is 28.6 Å². The molecule has 2 heterocycles. The summed E-state index contributed by atoms with van der Waals surface area (Å²) in [7, 11) is 1.40. The molecule has 0 radical (unpaired) electrons. The number of nitro groups is 2. The molecule has 1 aromatic heterocycles. The van der Waals surface area contributed by atoms with E-state index in [1.165, 1.54) is 61.7 Å². The standard InChI is InChI=1S/C22H15N3O8S/c1-32-15-6-8-17(18(10-15)25(30)31)19-9-7-16(33-19)11-20-21(26)23(22(27)34-20)12-13-2-4-14(5-3-13)24(28)29/h2-11H,12H2,1H3/b20-11-. The molecule has 0 unspecified atom stereocenters. The van der Waals surface area contributed by atoms with Gasteiger partial charge in [0.1, 0.15) is 17.3 Å². The molecule has 1 fully saturated rings. The largest absolute Gasteiger partial charge is 0.497 e. The Morgan fingerprint density at radius 3 is 2.41 bits per heavy atom. The van der Waals surface area contributed by atoms with E-state index < -0.39 is 21.0 Å². The summed E-state index contributed by atoms with van der Waals surface area (Å²) in [4.78, 5) is 47.4. The Bertz CT molecular complexity index is 1350. The van der Waals surface area contributed by atoms with Gasteiger partial charge in [0.25, 0.3) is 22.5 Å². The van der Waals surface area contributed by atoms with Crippen molar-refractivity contribution in [3.8, 4) is 17.1 Å². The van der Waals surface area contributed by atoms with Gasteiger partial charge in [0.15, 0.2) is 0 Å². The van der Waals surface area contributed by atoms with Crippen LogP contribution in [0.1, 0.15) is 11.3 Å². The third-order valence-electron chi connectivity index (χ3n) is 4.93. The van der Waals surface area contributed by atoms with Crippen molar-refractivity contribution in [2.24, 2.45) is 0 Å². The third kappa shape index (κ3) is 4.52. The van der Waals surface area contributed by atoms with Crippen LogP contribution in [0.2, 0.25) is 0 Å². The van der Waals surface area contributed by atoms with E-state index in [9.17, 15) is 29.8 Å². The van der Waals surface area contributed by atoms with Crippen molar-refractivity contribution in [3.05, 3.63) is 91.1 Å². The second-order valence-corrected chi connectivity index (χ2v) is 8.03. The SMILES string of the molecule is COc1ccc(-c2ccc(/C=C3\SC(=O)N(Cc4ccc([N+](=O)[O-])cc4)C3=O)o2)c([N+](=O)[O-])c1. The molecule has 0 bridgehead atoms. The summed E-state index contributed by atoms with van der Waals surface area (Å²) in [5.41, 5.74) is 0.491. The minimum atomic E-state index is -0.552. The monoisotopic (exact) mass is 481 g/mol. The van der Waals surface area contributed by atoms with Crippen LogP contribution in [0.5, 0.6) is 5.75 Å². The third-order valence-corrected chi connectivity index (χ3v) is 5.84. The smallest absolute Gasteiger partial charge is 0.293 e. The van der Waals surface area contributed by atoms with Gasteiger partial charge in [0.2, 0.25) is 0 Å². The highest BCUT2D eigenvalue weighted by atomic mass is 32.2. The molecular weight excluding hydrogens is 466 g/mol. The Labute approximate surface area is 195 Å². The summed E-state index contributed by atoms with van der Waals surface area (Å²) in [5, 5.41) is 21.7. The molecule has 3 aromatic rings. The number of furan rings is 1. The van der Waals surface area contributed by atoms with Crippen molar-refractivity contribution in [1.29, 1.82) is 0 Å². The van der Waals surface area contributed by atoms with E-state index in [-0.39, 0.29) is 39.9 Å². The number of methoxy groups -OCH3 is 1. The first-order valence-corrected chi connectivity index (χ1v) is 10.5. The van der Waals surface area contributed by atoms with E-state index in [4.69, 9.17) is 9.15 Å². The number of thioether (sulfide) groups is 1. The number of nitrogens with zero attached hydrogens (tertiary/aromatic N) is 3. The maximum atomic E-state index is 12.8. The predicted molar refractivity (Wildman–Crippen MR) is 122 cm³/mol. The number of amides is 2. The van der Waals surface area contributed by atoms with Crippen molar-refractivity contribution in [2.75, 3.05) is 7.11 Å². The van der Waals surface area contributed by atoms with Crippen LogP contribution in [0.4, 0.5) is 16.2 Å². The highest BCUT2D eigenvalue weighted by molar-refractivity contribution is 8.18. The van der Waals surface area contributed by atoms with Crippen molar-refractivity contribution in [2.45, 2.75) is 6.54 Å². The summed E-state index contributed by atoms with van der Waals surface area (Å²) < 4.78 is 10.7. The molecule has 2 amide bonds. The first-order chi connectivity index (χ1) is 16.3. The molecule has 0 N–H and O–H groups in total. The predicted octanol–water partition coefficient (Wildman–Crippen LogP) is 5.01. The molecule has 11 nitrogen and oxygen atoms in total. The number of rotatable bonds is 7. The van der Waals surface area contributed by atoms with E-state index in [1.54, 1.807) is 6.07 Å². The van der Waals surface area contributed by atoms with Crippen LogP contribution in [0.15, 0.2) is 63.9 Å². The topological polar surface area (TPSA) is 146 Å². The van der Waals surface area contributed by atoms with E-state index in [1.807, 2.05) is 0 Å². The minimum Gasteiger partial charge on any atom is -0.497 e. The molecule has 34 heavy (non-hydrogen) atoms. The molecular formula is C22H15N3O8S. The zero-order valence-corrected chi connectivity index (χ0v) is 18.3. The zero-order chi connectivity index (χ0) is 24.4. The molecule has 12 heteroatoms. The second-order valence-electron chi connectivity index (χ2n) is 7.03. The fourth-order valence-corrected chi connectivity index (χ4v) is 4.06. The van der Waals surface area contributed by atoms with Crippen LogP contribution in [0, 0.1) is 20.2 Å². The lowest BCUT2D eigenvalue weighted by atomic mass is 10.1. The maximum absolute atomic E-state index is 12.8. The molecule has 1 saturated heterocycles. The Kier molecular flexibility index (Phi) is 6.15. The van der Waals surface area contributed by atoms with Gasteiger partial charge in [-0.05, 0) is 41.6 Å². The average molecular weight is 481 g/mol. The number of benzene rings is 2. The summed E-state index contributed by atoms with van der Waals surface area (Å²) in [6.45, 7) is -0.0402. The van der Waals surface area contributed by atoms with Gasteiger partial charge in [-0.25, -0.2) is 0 Å². The van der Waals surface area contributed by atoms with Crippen LogP contribution in [0.3, 0.4) is 0 Å². The number of non-ortho nitro benzene ring substituents is 1. The average Bonchev–Trinajstić information content (AvgIpc) is 3.39. The lowest BCUT2D eigenvalue weighted by Crippen LogP contribution is -2.27. The van der Waals surface area contributed by atoms with Gasteiger partial charge in [-0.15, -0.1) is 0 Å². The number of carbonyl (C=O) groups is 2. The Morgan fingerprint density at radius 2 is 1.76 bits per heavy atom. The number of hydrogen-bond donors (Lipinski definition) is 0. The number of imide groups is 1. The van der Waals surface area contributed by atoms with Gasteiger partial charge in [-0.3, -0.25) is 34.7 Å². The van der Waals surface area contributed by atoms with Crippen LogP contribution in [0.25, 0.3) is 17.4 Å². The molecule has 0 spiro atoms. The van der Waals surface area contributed by atoms with Crippen molar-refractivity contribution in [1.82, 2.24) is 4.90 Å². The van der Waals surface area contributed by atoms with Crippen molar-refractivity contribution in [3.63, 3.8) is 0 Å². The highest BCUT2D eigenvalue weighted by Gasteiger charge is 2.35. The zero-order valence-electron chi connectivity index (χ0n) is 17.5. The molecule has 4 rings (SSSR count). The number of hydrogen-bond acceptors (Lipinski definition) is 9. The molecule has 172 valence electrons. The van der Waals surface area contributed by atoms with Crippen LogP contribution >= 0.6 is 11.8 Å². The number of nitro benzene ring substituents is 2. The lowest BCUT2D eigenvalue weighted by molar-refractivity contribution is -0.384. The van der Waals surface area contributed by atoms with Gasteiger partial charge in [-0.1, -0.05) is 12.1 Å².